The van der Waals surface area contributed by atoms with Gasteiger partial charge in [-0.15, -0.1) is 5.10 Å². The van der Waals surface area contributed by atoms with E-state index in [4.69, 9.17) is 19.2 Å². The maximum atomic E-state index is 16.0. The lowest BCUT2D eigenvalue weighted by Crippen LogP contribution is -2.52. The van der Waals surface area contributed by atoms with Crippen molar-refractivity contribution in [2.45, 2.75) is 121 Å². The van der Waals surface area contributed by atoms with Crippen LogP contribution in [0.2, 0.25) is 0 Å². The second-order valence-corrected chi connectivity index (χ2v) is 22.5. The summed E-state index contributed by atoms with van der Waals surface area (Å²) in [4.78, 5) is 23.0. The smallest absolute Gasteiger partial charge is 0.417 e. The van der Waals surface area contributed by atoms with Crippen LogP contribution in [0.15, 0.2) is 96.5 Å². The number of piperazine rings is 1. The maximum absolute atomic E-state index is 16.0. The largest absolute Gasteiger partial charge is 0.486 e. The maximum Gasteiger partial charge on any atom is 0.417 e. The van der Waals surface area contributed by atoms with Gasteiger partial charge in [-0.3, -0.25) is 14.8 Å². The average Bonchev–Trinajstić information content (AvgIpc) is 3.05. The molecular weight excluding hydrogens is 1060 g/mol. The first-order valence-electron chi connectivity index (χ1n) is 27.9. The molecule has 0 aliphatic carbocycles. The van der Waals surface area contributed by atoms with Crippen LogP contribution in [0.1, 0.15) is 92.8 Å². The number of anilines is 1. The molecule has 4 aromatic carbocycles. The molecule has 12 rings (SSSR count). The SMILES string of the molecule is Cc1c(F)cc2[nH]ncc2c1-c1c(C(F)(F)F)cc2c(c1OCc1ccc(-c3cn([C@@H](C(C)C)C(O)N4CCC[C@H]4C(=O)N[C@@H](CO)c4ccc(-c5ccnnc5)cc4)nn3)cc1)NC(C)(OC1CCOCC1)N=C2N1CC2C[C@H]1CN2. The van der Waals surface area contributed by atoms with Gasteiger partial charge >= 0.3 is 6.18 Å². The van der Waals surface area contributed by atoms with Crippen LogP contribution >= 0.6 is 0 Å². The van der Waals surface area contributed by atoms with Gasteiger partial charge in [-0.05, 0) is 85.4 Å². The minimum atomic E-state index is -4.94. The lowest BCUT2D eigenvalue weighted by molar-refractivity contribution is -0.137. The summed E-state index contributed by atoms with van der Waals surface area (Å²) in [5, 5.41) is 56.4. The van der Waals surface area contributed by atoms with Crippen molar-refractivity contribution in [3.8, 4) is 39.3 Å². The number of aromatic nitrogens is 7. The Bertz CT molecular complexity index is 3480. The van der Waals surface area contributed by atoms with Gasteiger partial charge in [0.25, 0.3) is 0 Å². The molecule has 3 unspecified atom stereocenters. The van der Waals surface area contributed by atoms with Crippen LogP contribution in [-0.2, 0) is 27.1 Å². The zero-order valence-corrected chi connectivity index (χ0v) is 45.8. The number of carbonyl (C=O) groups excluding carboxylic acids is 1. The summed E-state index contributed by atoms with van der Waals surface area (Å²) in [6.07, 6.45) is 3.23. The topological polar surface area (TPSA) is 225 Å². The second kappa shape index (κ2) is 22.4. The molecule has 7 atom stereocenters. The van der Waals surface area contributed by atoms with E-state index in [1.54, 1.807) is 47.2 Å². The van der Waals surface area contributed by atoms with Gasteiger partial charge in [-0.1, -0.05) is 67.6 Å². The number of aliphatic hydroxyl groups is 2. The van der Waals surface area contributed by atoms with E-state index in [0.29, 0.717) is 81.2 Å². The molecule has 0 saturated carbocycles. The number of rotatable bonds is 16. The standard InChI is InChI=1S/C59H65F4N13O6/c1-32(2)53(57(79)74-19-5-6-49(74)56(78)68-48(30-77)37-13-11-35(12-14-37)38-15-18-65-66-25-38)76-29-47(72-73-76)36-9-7-34(8-10-36)31-81-54-51(50-33(3)45(60)24-46-43(50)27-67-71-46)44(59(61,62)63)23-42-52(54)69-58(4,82-41-16-20-80-21-17-41)70-55(42)75-28-39-22-40(75)26-64-39/h7-15,18,23-25,27,29,32,39-41,48-49,53,57,64,69,77,79H,5-6,16-17,19-22,26,28,30-31H2,1-4H3,(H,67,71)(H,68,78)/t39?,40-,48-,49-,53-,57?,58?/m0/s1. The van der Waals surface area contributed by atoms with E-state index in [2.05, 4.69) is 51.6 Å². The molecule has 82 heavy (non-hydrogen) atoms. The Labute approximate surface area is 470 Å². The lowest BCUT2D eigenvalue weighted by atomic mass is 9.88. The monoisotopic (exact) mass is 1130 g/mol. The molecule has 5 aliphatic rings. The number of aliphatic hydroxyl groups excluding tert-OH is 2. The highest BCUT2D eigenvalue weighted by Gasteiger charge is 2.48. The fourth-order valence-electron chi connectivity index (χ4n) is 12.5. The van der Waals surface area contributed by atoms with Crippen LogP contribution in [0, 0.1) is 18.7 Å². The molecular formula is C59H65F4N13O6. The molecule has 6 N–H and O–H groups in total. The molecule has 430 valence electrons. The summed E-state index contributed by atoms with van der Waals surface area (Å²) in [7, 11) is 0. The van der Waals surface area contributed by atoms with Crippen LogP contribution in [-0.4, -0.2) is 143 Å². The van der Waals surface area contributed by atoms with Crippen molar-refractivity contribution < 1.29 is 46.8 Å². The molecule has 1 amide bonds. The van der Waals surface area contributed by atoms with Crippen LogP contribution < -0.4 is 20.7 Å². The van der Waals surface area contributed by atoms with Gasteiger partial charge in [0.15, 0.2) is 5.75 Å². The first-order chi connectivity index (χ1) is 39.5. The number of benzene rings is 4. The Hall–Kier alpha value is -7.41. The van der Waals surface area contributed by atoms with Gasteiger partial charge in [-0.25, -0.2) is 14.1 Å². The van der Waals surface area contributed by atoms with E-state index in [9.17, 15) is 15.0 Å². The first kappa shape index (κ1) is 55.1. The highest BCUT2D eigenvalue weighted by molar-refractivity contribution is 6.10. The van der Waals surface area contributed by atoms with E-state index in [-0.39, 0.29) is 87.8 Å². The molecule has 7 aromatic rings. The molecule has 0 radical (unpaired) electrons. The highest BCUT2D eigenvalue weighted by Crippen LogP contribution is 2.53. The fourth-order valence-corrected chi connectivity index (χ4v) is 12.5. The van der Waals surface area contributed by atoms with Crippen molar-refractivity contribution in [3.63, 3.8) is 0 Å². The number of hydrogen-bond donors (Lipinski definition) is 6. The molecule has 0 spiro atoms. The van der Waals surface area contributed by atoms with Gasteiger partial charge in [-0.2, -0.15) is 28.5 Å². The predicted molar refractivity (Wildman–Crippen MR) is 296 cm³/mol. The Balaban J connectivity index is 0.826. The van der Waals surface area contributed by atoms with Gasteiger partial charge < -0.3 is 45.3 Å². The first-order valence-corrected chi connectivity index (χ1v) is 27.9. The number of likely N-dealkylation sites (tertiary alicyclic amines) is 2. The number of aromatic amines is 1. The summed E-state index contributed by atoms with van der Waals surface area (Å²) >= 11 is 0. The van der Waals surface area contributed by atoms with Crippen molar-refractivity contribution in [3.05, 3.63) is 125 Å². The average molecular weight is 1130 g/mol. The molecule has 5 aliphatic heterocycles. The highest BCUT2D eigenvalue weighted by atomic mass is 19.4. The summed E-state index contributed by atoms with van der Waals surface area (Å²) < 4.78 is 84.8. The number of nitrogens with zero attached hydrogens (tertiary/aromatic N) is 9. The summed E-state index contributed by atoms with van der Waals surface area (Å²) in [5.74, 6) is -2.45. The predicted octanol–water partition coefficient (Wildman–Crippen LogP) is 7.91. The number of fused-ring (bicyclic) bond motifs is 4. The van der Waals surface area contributed by atoms with E-state index in [0.717, 1.165) is 29.2 Å². The van der Waals surface area contributed by atoms with Crippen LogP contribution in [0.4, 0.5) is 23.2 Å². The Morgan fingerprint density at radius 1 is 0.988 bits per heavy atom. The zero-order valence-electron chi connectivity index (χ0n) is 45.8. The van der Waals surface area contributed by atoms with Gasteiger partial charge in [0.2, 0.25) is 11.8 Å². The summed E-state index contributed by atoms with van der Waals surface area (Å²) in [5.41, 5.74) is 3.50. The number of alkyl halides is 3. The molecule has 8 heterocycles. The molecule has 4 fully saturated rings. The Kier molecular flexibility index (Phi) is 15.1. The number of carbonyl (C=O) groups is 1. The Morgan fingerprint density at radius 3 is 2.46 bits per heavy atom. The van der Waals surface area contributed by atoms with Crippen LogP contribution in [0.3, 0.4) is 0 Å². The van der Waals surface area contributed by atoms with Crippen LogP contribution in [0.5, 0.6) is 5.75 Å². The fraction of sp³-hybridized carbons (Fsp3) is 0.441. The number of amides is 1. The normalized spacial score (nSPS) is 22.3. The number of halogens is 4. The van der Waals surface area contributed by atoms with Gasteiger partial charge in [0.1, 0.15) is 30.2 Å². The van der Waals surface area contributed by atoms with E-state index < -0.39 is 47.8 Å². The summed E-state index contributed by atoms with van der Waals surface area (Å²) in [6.45, 7) is 9.20. The molecule has 19 nitrogen and oxygen atoms in total. The molecule has 4 saturated heterocycles. The number of hydrogen-bond acceptors (Lipinski definition) is 16. The lowest BCUT2D eigenvalue weighted by Gasteiger charge is -2.42. The minimum absolute atomic E-state index is 0.0151. The molecule has 2 bridgehead atoms. The second-order valence-electron chi connectivity index (χ2n) is 22.5. The van der Waals surface area contributed by atoms with Crippen molar-refractivity contribution in [1.82, 2.24) is 55.8 Å². The van der Waals surface area contributed by atoms with Crippen molar-refractivity contribution in [1.29, 1.82) is 0 Å². The Morgan fingerprint density at radius 2 is 1.77 bits per heavy atom. The molecule has 23 heteroatoms. The third-order valence-corrected chi connectivity index (χ3v) is 16.7. The third-order valence-electron chi connectivity index (χ3n) is 16.7. The van der Waals surface area contributed by atoms with Gasteiger partial charge in [0.05, 0.1) is 72.4 Å². The van der Waals surface area contributed by atoms with Gasteiger partial charge in [0, 0.05) is 85.1 Å². The van der Waals surface area contributed by atoms with Crippen molar-refractivity contribution in [2.24, 2.45) is 10.9 Å². The zero-order chi connectivity index (χ0) is 57.0. The quantitative estimate of drug-likeness (QED) is 0.0506. The minimum Gasteiger partial charge on any atom is -0.486 e. The van der Waals surface area contributed by atoms with E-state index in [1.807, 2.05) is 56.3 Å². The summed E-state index contributed by atoms with van der Waals surface area (Å²) in [6, 6.07) is 17.0. The van der Waals surface area contributed by atoms with E-state index >= 15 is 17.6 Å². The van der Waals surface area contributed by atoms with Crippen molar-refractivity contribution >= 4 is 28.3 Å². The molecule has 3 aromatic heterocycles. The number of amidine groups is 1. The van der Waals surface area contributed by atoms with E-state index in [1.165, 1.54) is 19.2 Å². The third kappa shape index (κ3) is 10.7. The number of H-pyrrole nitrogens is 1. The number of nitrogens with one attached hydrogen (secondary N) is 4. The number of ether oxygens (including phenoxy) is 3. The van der Waals surface area contributed by atoms with Crippen molar-refractivity contribution in [2.75, 3.05) is 44.8 Å². The number of aliphatic imine (C=N–C) groups is 1. The van der Waals surface area contributed by atoms with Crippen LogP contribution in [0.25, 0.3) is 44.4 Å².